The lowest BCUT2D eigenvalue weighted by atomic mass is 9.95. The molecule has 2 atom stereocenters. The molecule has 2 aromatic carbocycles. The predicted octanol–water partition coefficient (Wildman–Crippen LogP) is 6.20. The van der Waals surface area contributed by atoms with E-state index in [4.69, 9.17) is 12.2 Å². The Labute approximate surface area is 158 Å². The summed E-state index contributed by atoms with van der Waals surface area (Å²) in [5, 5.41) is 7.40. The van der Waals surface area contributed by atoms with Crippen LogP contribution in [0.15, 0.2) is 48.5 Å². The van der Waals surface area contributed by atoms with Gasteiger partial charge in [0.05, 0.1) is 6.04 Å². The zero-order valence-electron chi connectivity index (χ0n) is 15.8. The van der Waals surface area contributed by atoms with Crippen LogP contribution in [0.2, 0.25) is 0 Å². The number of rotatable bonds is 7. The van der Waals surface area contributed by atoms with Crippen molar-refractivity contribution in [2.75, 3.05) is 5.32 Å². The minimum atomic E-state index is 0.223. The smallest absolute Gasteiger partial charge is 0.171 e. The molecule has 3 heteroatoms. The topological polar surface area (TPSA) is 24.1 Å². The molecule has 0 aliphatic carbocycles. The molecule has 0 amide bonds. The largest absolute Gasteiger partial charge is 0.356 e. The van der Waals surface area contributed by atoms with Gasteiger partial charge in [-0.3, -0.25) is 0 Å². The van der Waals surface area contributed by atoms with Crippen molar-refractivity contribution in [3.05, 3.63) is 65.2 Å². The SMILES string of the molecule is CCc1ccc(NC(=S)NC(CC)c2ccc(C(C)CC)cc2)cc1. The molecule has 2 N–H and O–H groups in total. The Kier molecular flexibility index (Phi) is 7.45. The molecule has 0 aromatic heterocycles. The summed E-state index contributed by atoms with van der Waals surface area (Å²) >= 11 is 5.50. The molecule has 0 aliphatic heterocycles. The van der Waals surface area contributed by atoms with E-state index in [2.05, 4.69) is 86.9 Å². The molecule has 0 spiro atoms. The Balaban J connectivity index is 1.99. The van der Waals surface area contributed by atoms with Crippen LogP contribution in [0.5, 0.6) is 0 Å². The van der Waals surface area contributed by atoms with Gasteiger partial charge in [-0.1, -0.05) is 64.1 Å². The van der Waals surface area contributed by atoms with Crippen molar-refractivity contribution in [1.29, 1.82) is 0 Å². The second-order valence-electron chi connectivity index (χ2n) is 6.59. The van der Waals surface area contributed by atoms with E-state index in [1.54, 1.807) is 0 Å². The maximum absolute atomic E-state index is 5.50. The second-order valence-corrected chi connectivity index (χ2v) is 6.99. The van der Waals surface area contributed by atoms with Crippen LogP contribution in [0.3, 0.4) is 0 Å². The minimum absolute atomic E-state index is 0.223. The number of anilines is 1. The number of aryl methyl sites for hydroxylation is 1. The van der Waals surface area contributed by atoms with Crippen LogP contribution in [0.4, 0.5) is 5.69 Å². The second kappa shape index (κ2) is 9.57. The van der Waals surface area contributed by atoms with Gasteiger partial charge in [0.25, 0.3) is 0 Å². The third-order valence-electron chi connectivity index (χ3n) is 4.85. The van der Waals surface area contributed by atoms with Crippen LogP contribution < -0.4 is 10.6 Å². The van der Waals surface area contributed by atoms with Crippen LogP contribution in [0.1, 0.15) is 69.2 Å². The molecule has 0 fully saturated rings. The number of benzene rings is 2. The number of thiocarbonyl (C=S) groups is 1. The standard InChI is InChI=1S/C22H30N2S/c1-5-16(4)18-10-12-19(13-11-18)21(7-3)24-22(25)23-20-14-8-17(6-2)9-15-20/h8-16,21H,5-7H2,1-4H3,(H2,23,24,25). The summed E-state index contributed by atoms with van der Waals surface area (Å²) in [6.45, 7) is 8.84. The van der Waals surface area contributed by atoms with E-state index in [0.29, 0.717) is 11.0 Å². The minimum Gasteiger partial charge on any atom is -0.356 e. The van der Waals surface area contributed by atoms with E-state index >= 15 is 0 Å². The molecule has 0 bridgehead atoms. The Morgan fingerprint density at radius 3 is 2.00 bits per heavy atom. The van der Waals surface area contributed by atoms with Gasteiger partial charge < -0.3 is 10.6 Å². The third kappa shape index (κ3) is 5.57. The highest BCUT2D eigenvalue weighted by molar-refractivity contribution is 7.80. The first-order valence-corrected chi connectivity index (χ1v) is 9.74. The molecule has 0 heterocycles. The Bertz CT molecular complexity index is 661. The zero-order chi connectivity index (χ0) is 18.2. The number of hydrogen-bond acceptors (Lipinski definition) is 1. The normalized spacial score (nSPS) is 13.1. The van der Waals surface area contributed by atoms with E-state index in [1.165, 1.54) is 23.1 Å². The van der Waals surface area contributed by atoms with Crippen LogP contribution in [0, 0.1) is 0 Å². The Morgan fingerprint density at radius 1 is 0.880 bits per heavy atom. The first kappa shape index (κ1) is 19.5. The molecule has 0 saturated heterocycles. The molecule has 2 nitrogen and oxygen atoms in total. The van der Waals surface area contributed by atoms with E-state index in [1.807, 2.05) is 0 Å². The fraction of sp³-hybridized carbons (Fsp3) is 0.409. The monoisotopic (exact) mass is 354 g/mol. The molecule has 0 aliphatic rings. The molecular formula is C22H30N2S. The van der Waals surface area contributed by atoms with E-state index in [0.717, 1.165) is 18.5 Å². The van der Waals surface area contributed by atoms with Crippen molar-refractivity contribution in [1.82, 2.24) is 5.32 Å². The average molecular weight is 355 g/mol. The summed E-state index contributed by atoms with van der Waals surface area (Å²) in [6.07, 6.45) is 3.20. The first-order chi connectivity index (χ1) is 12.1. The maximum atomic E-state index is 5.50. The van der Waals surface area contributed by atoms with Gasteiger partial charge in [-0.15, -0.1) is 0 Å². The molecular weight excluding hydrogens is 324 g/mol. The summed E-state index contributed by atoms with van der Waals surface area (Å²) < 4.78 is 0. The molecule has 0 saturated carbocycles. The van der Waals surface area contributed by atoms with Gasteiger partial charge in [0.15, 0.2) is 5.11 Å². The molecule has 2 rings (SSSR count). The highest BCUT2D eigenvalue weighted by Crippen LogP contribution is 2.23. The summed E-state index contributed by atoms with van der Waals surface area (Å²) in [7, 11) is 0. The summed E-state index contributed by atoms with van der Waals surface area (Å²) in [6, 6.07) is 17.6. The number of nitrogens with one attached hydrogen (secondary N) is 2. The van der Waals surface area contributed by atoms with Gasteiger partial charge in [-0.25, -0.2) is 0 Å². The predicted molar refractivity (Wildman–Crippen MR) is 113 cm³/mol. The van der Waals surface area contributed by atoms with Gasteiger partial charge in [0.1, 0.15) is 0 Å². The summed E-state index contributed by atoms with van der Waals surface area (Å²) in [5.41, 5.74) is 5.03. The van der Waals surface area contributed by atoms with Crippen molar-refractivity contribution < 1.29 is 0 Å². The van der Waals surface area contributed by atoms with Gasteiger partial charge in [-0.2, -0.15) is 0 Å². The Morgan fingerprint density at radius 2 is 1.48 bits per heavy atom. The Hall–Kier alpha value is -1.87. The van der Waals surface area contributed by atoms with Gasteiger partial charge in [-0.05, 0) is 66.2 Å². The van der Waals surface area contributed by atoms with Gasteiger partial charge in [0.2, 0.25) is 0 Å². The summed E-state index contributed by atoms with van der Waals surface area (Å²) in [4.78, 5) is 0. The van der Waals surface area contributed by atoms with Gasteiger partial charge in [0, 0.05) is 5.69 Å². The van der Waals surface area contributed by atoms with E-state index < -0.39 is 0 Å². The van der Waals surface area contributed by atoms with Crippen molar-refractivity contribution in [2.24, 2.45) is 0 Å². The van der Waals surface area contributed by atoms with Crippen molar-refractivity contribution >= 4 is 23.0 Å². The molecule has 0 radical (unpaired) electrons. The molecule has 25 heavy (non-hydrogen) atoms. The molecule has 2 unspecified atom stereocenters. The van der Waals surface area contributed by atoms with Crippen LogP contribution in [-0.2, 0) is 6.42 Å². The van der Waals surface area contributed by atoms with Crippen LogP contribution in [0.25, 0.3) is 0 Å². The fourth-order valence-electron chi connectivity index (χ4n) is 2.86. The van der Waals surface area contributed by atoms with Crippen LogP contribution >= 0.6 is 12.2 Å². The fourth-order valence-corrected chi connectivity index (χ4v) is 3.12. The van der Waals surface area contributed by atoms with E-state index in [-0.39, 0.29) is 6.04 Å². The van der Waals surface area contributed by atoms with Crippen molar-refractivity contribution in [3.8, 4) is 0 Å². The van der Waals surface area contributed by atoms with Crippen molar-refractivity contribution in [2.45, 2.75) is 58.9 Å². The van der Waals surface area contributed by atoms with Gasteiger partial charge >= 0.3 is 0 Å². The van der Waals surface area contributed by atoms with Crippen molar-refractivity contribution in [3.63, 3.8) is 0 Å². The van der Waals surface area contributed by atoms with Crippen LogP contribution in [-0.4, -0.2) is 5.11 Å². The average Bonchev–Trinajstić information content (AvgIpc) is 2.66. The highest BCUT2D eigenvalue weighted by atomic mass is 32.1. The zero-order valence-corrected chi connectivity index (χ0v) is 16.6. The lowest BCUT2D eigenvalue weighted by Crippen LogP contribution is -2.32. The van der Waals surface area contributed by atoms with E-state index in [9.17, 15) is 0 Å². The maximum Gasteiger partial charge on any atom is 0.171 e. The number of hydrogen-bond donors (Lipinski definition) is 2. The lowest BCUT2D eigenvalue weighted by Gasteiger charge is -2.21. The quantitative estimate of drug-likeness (QED) is 0.579. The molecule has 134 valence electrons. The third-order valence-corrected chi connectivity index (χ3v) is 5.07. The highest BCUT2D eigenvalue weighted by Gasteiger charge is 2.12. The first-order valence-electron chi connectivity index (χ1n) is 9.33. The molecule has 2 aromatic rings. The lowest BCUT2D eigenvalue weighted by molar-refractivity contribution is 0.628. The summed E-state index contributed by atoms with van der Waals surface area (Å²) in [5.74, 6) is 0.607.